The highest BCUT2D eigenvalue weighted by molar-refractivity contribution is 5.71. The SMILES string of the molecule is CCCCC/C=C\C/C=C\C/C=C\CCCCC(=O)O[C@H](COC(=O)CCCCCCCCC/C=C\C/C=C\CCCCC)COC(=O)CCCCCCCCCCCCCCCCCCCCC. The fourth-order valence-corrected chi connectivity index (χ4v) is 8.48. The molecular weight excluding hydrogens is 853 g/mol. The third-order valence-electron chi connectivity index (χ3n) is 13.0. The number of hydrogen-bond acceptors (Lipinski definition) is 6. The van der Waals surface area contributed by atoms with Gasteiger partial charge in [-0.3, -0.25) is 14.4 Å². The predicted octanol–water partition coefficient (Wildman–Crippen LogP) is 20.0. The van der Waals surface area contributed by atoms with Crippen LogP contribution in [0.1, 0.15) is 303 Å². The topological polar surface area (TPSA) is 78.9 Å². The molecule has 0 saturated carbocycles. The molecule has 6 nitrogen and oxygen atoms in total. The number of allylic oxidation sites excluding steroid dienone is 10. The van der Waals surface area contributed by atoms with E-state index in [9.17, 15) is 14.4 Å². The molecule has 0 N–H and O–H groups in total. The van der Waals surface area contributed by atoms with E-state index < -0.39 is 6.10 Å². The van der Waals surface area contributed by atoms with Gasteiger partial charge in [0.25, 0.3) is 0 Å². The number of esters is 3. The maximum Gasteiger partial charge on any atom is 0.306 e. The fraction of sp³-hybridized carbons (Fsp3) is 0.794. The lowest BCUT2D eigenvalue weighted by Gasteiger charge is -2.18. The van der Waals surface area contributed by atoms with Crippen LogP contribution in [-0.2, 0) is 28.6 Å². The molecule has 0 aliphatic rings. The van der Waals surface area contributed by atoms with Crippen molar-refractivity contribution in [1.29, 1.82) is 0 Å². The Morgan fingerprint density at radius 2 is 0.522 bits per heavy atom. The molecule has 0 aromatic carbocycles. The molecule has 0 heterocycles. The summed E-state index contributed by atoms with van der Waals surface area (Å²) in [5.41, 5.74) is 0. The summed E-state index contributed by atoms with van der Waals surface area (Å²) in [6, 6.07) is 0. The molecule has 0 saturated heterocycles. The van der Waals surface area contributed by atoms with Gasteiger partial charge in [-0.25, -0.2) is 0 Å². The first kappa shape index (κ1) is 66.1. The van der Waals surface area contributed by atoms with E-state index in [-0.39, 0.29) is 37.5 Å². The Bertz CT molecular complexity index is 1250. The Morgan fingerprint density at radius 1 is 0.290 bits per heavy atom. The van der Waals surface area contributed by atoms with Crippen LogP contribution < -0.4 is 0 Å². The summed E-state index contributed by atoms with van der Waals surface area (Å²) in [6.45, 7) is 6.58. The van der Waals surface area contributed by atoms with Crippen LogP contribution in [0.15, 0.2) is 60.8 Å². The second-order valence-corrected chi connectivity index (χ2v) is 19.9. The molecule has 400 valence electrons. The lowest BCUT2D eigenvalue weighted by molar-refractivity contribution is -0.167. The van der Waals surface area contributed by atoms with Crippen LogP contribution in [0.4, 0.5) is 0 Å². The molecule has 0 aromatic rings. The molecule has 6 heteroatoms. The first-order valence-electron chi connectivity index (χ1n) is 29.8. The van der Waals surface area contributed by atoms with Crippen molar-refractivity contribution < 1.29 is 28.6 Å². The van der Waals surface area contributed by atoms with Gasteiger partial charge in [0.1, 0.15) is 13.2 Å². The number of carbonyl (C=O) groups is 3. The quantitative estimate of drug-likeness (QED) is 0.0262. The molecule has 0 aromatic heterocycles. The summed E-state index contributed by atoms with van der Waals surface area (Å²) in [5, 5.41) is 0. The van der Waals surface area contributed by atoms with E-state index in [1.54, 1.807) is 0 Å². The Labute approximate surface area is 428 Å². The van der Waals surface area contributed by atoms with Crippen LogP contribution in [0.2, 0.25) is 0 Å². The lowest BCUT2D eigenvalue weighted by atomic mass is 10.0. The zero-order chi connectivity index (χ0) is 50.0. The zero-order valence-corrected chi connectivity index (χ0v) is 45.8. The van der Waals surface area contributed by atoms with E-state index in [1.165, 1.54) is 180 Å². The molecule has 0 unspecified atom stereocenters. The summed E-state index contributed by atoms with van der Waals surface area (Å²) in [7, 11) is 0. The zero-order valence-electron chi connectivity index (χ0n) is 45.8. The largest absolute Gasteiger partial charge is 0.462 e. The second-order valence-electron chi connectivity index (χ2n) is 19.9. The van der Waals surface area contributed by atoms with Crippen LogP contribution in [-0.4, -0.2) is 37.2 Å². The molecule has 0 rings (SSSR count). The summed E-state index contributed by atoms with van der Waals surface area (Å²) in [5.74, 6) is -0.922. The fourth-order valence-electron chi connectivity index (χ4n) is 8.48. The van der Waals surface area contributed by atoms with Crippen molar-refractivity contribution >= 4 is 17.9 Å². The van der Waals surface area contributed by atoms with Gasteiger partial charge in [-0.2, -0.15) is 0 Å². The van der Waals surface area contributed by atoms with E-state index in [4.69, 9.17) is 14.2 Å². The third-order valence-corrected chi connectivity index (χ3v) is 13.0. The monoisotopic (exact) mass is 965 g/mol. The third kappa shape index (κ3) is 55.9. The molecule has 0 aliphatic carbocycles. The van der Waals surface area contributed by atoms with E-state index in [2.05, 4.69) is 81.5 Å². The van der Waals surface area contributed by atoms with Gasteiger partial charge < -0.3 is 14.2 Å². The summed E-state index contributed by atoms with van der Waals surface area (Å²) >= 11 is 0. The van der Waals surface area contributed by atoms with Crippen LogP contribution in [0, 0.1) is 0 Å². The Morgan fingerprint density at radius 3 is 0.870 bits per heavy atom. The highest BCUT2D eigenvalue weighted by atomic mass is 16.6. The molecule has 1 atom stereocenters. The smallest absolute Gasteiger partial charge is 0.306 e. The van der Waals surface area contributed by atoms with Crippen LogP contribution in [0.3, 0.4) is 0 Å². The van der Waals surface area contributed by atoms with Crippen molar-refractivity contribution in [3.05, 3.63) is 60.8 Å². The van der Waals surface area contributed by atoms with Gasteiger partial charge >= 0.3 is 17.9 Å². The molecule has 0 radical (unpaired) electrons. The van der Waals surface area contributed by atoms with Gasteiger partial charge in [-0.1, -0.05) is 255 Å². The number of hydrogen-bond donors (Lipinski definition) is 0. The van der Waals surface area contributed by atoms with E-state index in [1.807, 2.05) is 0 Å². The molecule has 0 aliphatic heterocycles. The van der Waals surface area contributed by atoms with Crippen molar-refractivity contribution in [2.45, 2.75) is 309 Å². The molecule has 0 fully saturated rings. The van der Waals surface area contributed by atoms with Crippen molar-refractivity contribution in [2.75, 3.05) is 13.2 Å². The number of rotatable bonds is 54. The van der Waals surface area contributed by atoms with E-state index in [0.717, 1.165) is 77.0 Å². The molecular formula is C63H112O6. The maximum absolute atomic E-state index is 12.8. The van der Waals surface area contributed by atoms with Crippen molar-refractivity contribution in [1.82, 2.24) is 0 Å². The average molecular weight is 966 g/mol. The minimum absolute atomic E-state index is 0.0894. The molecule has 0 spiro atoms. The van der Waals surface area contributed by atoms with E-state index >= 15 is 0 Å². The van der Waals surface area contributed by atoms with Gasteiger partial charge in [0.05, 0.1) is 0 Å². The molecule has 0 amide bonds. The Kier molecular flexibility index (Phi) is 55.3. The number of unbranched alkanes of at least 4 members (excludes halogenated alkanes) is 33. The Hall–Kier alpha value is -2.89. The van der Waals surface area contributed by atoms with Gasteiger partial charge in [-0.05, 0) is 89.9 Å². The minimum atomic E-state index is -0.796. The van der Waals surface area contributed by atoms with Gasteiger partial charge in [0, 0.05) is 19.3 Å². The average Bonchev–Trinajstić information content (AvgIpc) is 3.35. The maximum atomic E-state index is 12.8. The minimum Gasteiger partial charge on any atom is -0.462 e. The number of ether oxygens (including phenoxy) is 3. The first-order valence-corrected chi connectivity index (χ1v) is 29.8. The second kappa shape index (κ2) is 57.7. The predicted molar refractivity (Wildman–Crippen MR) is 298 cm³/mol. The standard InChI is InChI=1S/C63H112O6/c1-4-7-10-13-16-19-22-25-28-30-31-33-36-38-41-44-47-50-53-56-62(65)68-59-60(69-63(66)57-54-51-48-45-42-39-34-27-24-21-18-15-12-9-6-3)58-67-61(64)55-52-49-46-43-40-37-35-32-29-26-23-20-17-14-11-8-5-2/h17-18,20-21,26-27,29,34,42,45,60H,4-16,19,22-25,28,30-33,35-41,43-44,46-59H2,1-3H3/b20-17-,21-18-,29-26-,34-27-,45-42-/t60-/m1/s1. The Balaban J connectivity index is 4.39. The summed E-state index contributed by atoms with van der Waals surface area (Å²) in [6.07, 6.45) is 72.1. The van der Waals surface area contributed by atoms with Crippen molar-refractivity contribution in [3.8, 4) is 0 Å². The summed E-state index contributed by atoms with van der Waals surface area (Å²) < 4.78 is 16.9. The van der Waals surface area contributed by atoms with Gasteiger partial charge in [-0.15, -0.1) is 0 Å². The highest BCUT2D eigenvalue weighted by Gasteiger charge is 2.19. The highest BCUT2D eigenvalue weighted by Crippen LogP contribution is 2.16. The van der Waals surface area contributed by atoms with E-state index in [0.29, 0.717) is 19.3 Å². The first-order chi connectivity index (χ1) is 34.0. The van der Waals surface area contributed by atoms with Crippen LogP contribution >= 0.6 is 0 Å². The van der Waals surface area contributed by atoms with Crippen LogP contribution in [0.25, 0.3) is 0 Å². The van der Waals surface area contributed by atoms with Crippen LogP contribution in [0.5, 0.6) is 0 Å². The molecule has 69 heavy (non-hydrogen) atoms. The van der Waals surface area contributed by atoms with Crippen molar-refractivity contribution in [3.63, 3.8) is 0 Å². The lowest BCUT2D eigenvalue weighted by Crippen LogP contribution is -2.30. The number of carbonyl (C=O) groups excluding carboxylic acids is 3. The summed E-state index contributed by atoms with van der Waals surface area (Å²) in [4.78, 5) is 38.2. The van der Waals surface area contributed by atoms with Crippen molar-refractivity contribution in [2.24, 2.45) is 0 Å². The van der Waals surface area contributed by atoms with Gasteiger partial charge in [0.2, 0.25) is 0 Å². The normalized spacial score (nSPS) is 12.4. The molecule has 0 bridgehead atoms. The van der Waals surface area contributed by atoms with Gasteiger partial charge in [0.15, 0.2) is 6.10 Å².